The Morgan fingerprint density at radius 2 is 0.910 bits per heavy atom. The summed E-state index contributed by atoms with van der Waals surface area (Å²) in [6.07, 6.45) is 2.48. The number of hydrogen-bond donors (Lipinski definition) is 6. The molecule has 0 spiro atoms. The van der Waals surface area contributed by atoms with Crippen LogP contribution in [0.2, 0.25) is 0 Å². The number of esters is 2. The van der Waals surface area contributed by atoms with Crippen LogP contribution < -0.4 is 21.3 Å². The molecule has 2 aromatic heterocycles. The quantitative estimate of drug-likeness (QED) is 0.117. The molecule has 6 N–H and O–H groups in total. The fraction of sp³-hybridized carbons (Fsp3) is 0.444. The Kier molecular flexibility index (Phi) is 18.7. The summed E-state index contributed by atoms with van der Waals surface area (Å²) in [6, 6.07) is 3.83. The summed E-state index contributed by atoms with van der Waals surface area (Å²) in [7, 11) is 5.18. The van der Waals surface area contributed by atoms with E-state index >= 15 is 0 Å². The van der Waals surface area contributed by atoms with Crippen LogP contribution in [0.3, 0.4) is 0 Å². The lowest BCUT2D eigenvalue weighted by molar-refractivity contribution is -0.160. The largest absolute Gasteiger partial charge is 0.505 e. The molecule has 0 aliphatic carbocycles. The Morgan fingerprint density at radius 1 is 0.564 bits per heavy atom. The summed E-state index contributed by atoms with van der Waals surface area (Å²) in [5.41, 5.74) is -0.290. The molecule has 0 unspecified atom stereocenters. The average Bonchev–Trinajstić information content (AvgIpc) is 3.39. The maximum atomic E-state index is 14.8. The van der Waals surface area contributed by atoms with Crippen LogP contribution in [0.1, 0.15) is 75.4 Å². The van der Waals surface area contributed by atoms with E-state index in [1.807, 2.05) is 0 Å². The molecule has 2 aliphatic rings. The number of carbonyl (C=O) groups is 10. The number of ether oxygens (including phenoxy) is 2. The highest BCUT2D eigenvalue weighted by Crippen LogP contribution is 2.25. The summed E-state index contributed by atoms with van der Waals surface area (Å²) in [4.78, 5) is 156. The Labute approximate surface area is 449 Å². The lowest BCUT2D eigenvalue weighted by atomic mass is 9.99. The van der Waals surface area contributed by atoms with Crippen molar-refractivity contribution in [3.8, 4) is 11.5 Å². The molecule has 4 heterocycles. The highest BCUT2D eigenvalue weighted by Gasteiger charge is 2.42. The smallest absolute Gasteiger partial charge is 0.329 e. The molecule has 2 bridgehead atoms. The monoisotopic (exact) mass is 1080 g/mol. The van der Waals surface area contributed by atoms with Gasteiger partial charge in [-0.2, -0.15) is 0 Å². The highest BCUT2D eigenvalue weighted by molar-refractivity contribution is 6.03. The molecule has 8 atom stereocenters. The molecule has 24 heteroatoms. The van der Waals surface area contributed by atoms with E-state index in [0.717, 1.165) is 19.6 Å². The number of nitrogens with zero attached hydrogens (tertiary/aromatic N) is 6. The third-order valence-electron chi connectivity index (χ3n) is 13.7. The van der Waals surface area contributed by atoms with Crippen molar-refractivity contribution in [2.24, 2.45) is 11.8 Å². The molecule has 8 amide bonds. The first-order valence-corrected chi connectivity index (χ1v) is 25.3. The first-order valence-electron chi connectivity index (χ1n) is 25.3. The Morgan fingerprint density at radius 3 is 1.26 bits per heavy atom. The molecule has 0 fully saturated rings. The number of aromatic nitrogens is 2. The van der Waals surface area contributed by atoms with Gasteiger partial charge in [0.05, 0.1) is 11.0 Å². The molecule has 78 heavy (non-hydrogen) atoms. The van der Waals surface area contributed by atoms with Crippen LogP contribution >= 0.6 is 0 Å². The van der Waals surface area contributed by atoms with Gasteiger partial charge in [-0.05, 0) is 62.8 Å². The van der Waals surface area contributed by atoms with E-state index in [2.05, 4.69) is 31.2 Å². The lowest BCUT2D eigenvalue weighted by Gasteiger charge is -2.37. The molecular weight excluding hydrogens is 1010 g/mol. The van der Waals surface area contributed by atoms with E-state index in [9.17, 15) is 58.2 Å². The van der Waals surface area contributed by atoms with E-state index in [1.165, 1.54) is 66.3 Å². The van der Waals surface area contributed by atoms with Gasteiger partial charge in [0.2, 0.25) is 35.4 Å². The van der Waals surface area contributed by atoms with Gasteiger partial charge in [0, 0.05) is 39.0 Å². The number of rotatable bonds is 6. The summed E-state index contributed by atoms with van der Waals surface area (Å²) in [5.74, 6) is -11.9. The van der Waals surface area contributed by atoms with E-state index in [4.69, 9.17) is 9.47 Å². The number of carbonyl (C=O) groups excluding carboxylic acids is 10. The third kappa shape index (κ3) is 13.1. The number of cyclic esters (lactones) is 2. The lowest BCUT2D eigenvalue weighted by Crippen LogP contribution is -2.60. The highest BCUT2D eigenvalue weighted by atomic mass is 16.5. The van der Waals surface area contributed by atoms with Crippen molar-refractivity contribution in [2.45, 2.75) is 103 Å². The number of amides is 8. The van der Waals surface area contributed by atoms with Crippen molar-refractivity contribution >= 4 is 81.0 Å². The van der Waals surface area contributed by atoms with Gasteiger partial charge >= 0.3 is 11.9 Å². The number of benzene rings is 2. The number of fused-ring (bicyclic) bond motifs is 6. The van der Waals surface area contributed by atoms with Crippen LogP contribution in [0, 0.1) is 11.8 Å². The molecule has 0 saturated carbocycles. The van der Waals surface area contributed by atoms with Crippen LogP contribution in [0.4, 0.5) is 0 Å². The second kappa shape index (κ2) is 25.0. The number of hydrogen-bond acceptors (Lipinski definition) is 16. The Hall–Kier alpha value is -8.70. The van der Waals surface area contributed by atoms with Crippen LogP contribution in [0.25, 0.3) is 21.8 Å². The molecule has 0 saturated heterocycles. The number of para-hydroxylation sites is 2. The van der Waals surface area contributed by atoms with Crippen molar-refractivity contribution in [2.75, 3.05) is 41.4 Å². The minimum absolute atomic E-state index is 0.252. The molecule has 0 radical (unpaired) electrons. The molecular formula is C54H66N10O14. The summed E-state index contributed by atoms with van der Waals surface area (Å²) in [6.45, 7) is 7.35. The second-order valence-electron chi connectivity index (χ2n) is 20.0. The minimum Gasteiger partial charge on any atom is -0.505 e. The number of nitrogens with one attached hydrogen (secondary N) is 4. The first-order chi connectivity index (χ1) is 36.8. The van der Waals surface area contributed by atoms with E-state index < -0.39 is 155 Å². The number of likely N-dealkylation sites (N-methyl/N-ethyl adjacent to an activating group) is 4. The maximum Gasteiger partial charge on any atom is 0.329 e. The van der Waals surface area contributed by atoms with Crippen molar-refractivity contribution in [3.05, 3.63) is 84.2 Å². The average molecular weight is 1080 g/mol. The van der Waals surface area contributed by atoms with Crippen molar-refractivity contribution in [1.82, 2.24) is 50.8 Å². The van der Waals surface area contributed by atoms with E-state index in [1.54, 1.807) is 76.2 Å². The Balaban J connectivity index is 1.41. The molecule has 416 valence electrons. The maximum absolute atomic E-state index is 14.8. The van der Waals surface area contributed by atoms with E-state index in [-0.39, 0.29) is 12.8 Å². The molecule has 2 aliphatic heterocycles. The number of aromatic hydroxyl groups is 2. The zero-order valence-electron chi connectivity index (χ0n) is 45.0. The zero-order chi connectivity index (χ0) is 57.4. The topological polar surface area (TPSA) is 316 Å². The molecule has 2 aromatic carbocycles. The SMILES string of the molecule is CC(C)[C@H]1C(=O)OC[C@@H](NC(=O)c2nc3ccccc3cc2O)C(=O)N[C@@H](C)C(=O)N(C)[C@H]2C/C=C\C[C@@H](C(=O)N1C)N(C)C(=O)[C@H](C)NC(=O)[C@H](NC(=O)c1nc3ccccc3cc1O)COC(=O)[C@H](C(C)C)N(C)C2=O. The molecule has 24 nitrogen and oxygen atoms in total. The minimum atomic E-state index is -1.76. The fourth-order valence-corrected chi connectivity index (χ4v) is 9.33. The Bertz CT molecular complexity index is 2840. The van der Waals surface area contributed by atoms with Crippen LogP contribution in [-0.4, -0.2) is 189 Å². The second-order valence-corrected chi connectivity index (χ2v) is 20.0. The van der Waals surface area contributed by atoms with Gasteiger partial charge in [-0.15, -0.1) is 0 Å². The van der Waals surface area contributed by atoms with Gasteiger partial charge in [-0.1, -0.05) is 76.2 Å². The van der Waals surface area contributed by atoms with Gasteiger partial charge < -0.3 is 60.6 Å². The van der Waals surface area contributed by atoms with Gasteiger partial charge in [0.1, 0.15) is 73.0 Å². The first kappa shape index (κ1) is 58.6. The number of pyridine rings is 2. The van der Waals surface area contributed by atoms with Crippen molar-refractivity contribution < 1.29 is 67.6 Å². The normalized spacial score (nSPS) is 24.6. The van der Waals surface area contributed by atoms with Crippen LogP contribution in [-0.2, 0) is 47.8 Å². The van der Waals surface area contributed by atoms with Gasteiger partial charge in [-0.3, -0.25) is 38.4 Å². The molecule has 6 rings (SSSR count). The van der Waals surface area contributed by atoms with Crippen molar-refractivity contribution in [1.29, 1.82) is 0 Å². The molecule has 4 aromatic rings. The van der Waals surface area contributed by atoms with Crippen LogP contribution in [0.15, 0.2) is 72.8 Å². The predicted octanol–water partition coefficient (Wildman–Crippen LogP) is 1.17. The predicted molar refractivity (Wildman–Crippen MR) is 281 cm³/mol. The van der Waals surface area contributed by atoms with Crippen LogP contribution in [0.5, 0.6) is 11.5 Å². The van der Waals surface area contributed by atoms with Gasteiger partial charge in [0.25, 0.3) is 11.8 Å². The fourth-order valence-electron chi connectivity index (χ4n) is 9.33. The van der Waals surface area contributed by atoms with E-state index in [0.29, 0.717) is 21.8 Å². The summed E-state index contributed by atoms with van der Waals surface area (Å²) in [5, 5.41) is 32.6. The van der Waals surface area contributed by atoms with Crippen molar-refractivity contribution in [3.63, 3.8) is 0 Å². The summed E-state index contributed by atoms with van der Waals surface area (Å²) >= 11 is 0. The third-order valence-corrected chi connectivity index (χ3v) is 13.7. The zero-order valence-corrected chi connectivity index (χ0v) is 45.0. The van der Waals surface area contributed by atoms with Gasteiger partial charge in [0.15, 0.2) is 11.4 Å². The van der Waals surface area contributed by atoms with Gasteiger partial charge in [-0.25, -0.2) is 19.6 Å². The standard InChI is InChI=1S/C54H66N10O14/c1-27(2)43-53(75)77-25-35(59-47(69)41-39(65)23-31-17-11-13-19-33(31)57-41)45(67)55-30(6)50(72)62(8)38-22-16-15-21-37(51(73)63(43)9)61(7)49(71)29(5)56-46(68)36(26-78-54(76)44(28(3)4)64(10)52(38)74)60-48(70)42-40(66)24-32-18-12-14-20-34(32)58-42/h11-20,23-24,27-30,35-38,43-44,65-66H,21-22,25-26H2,1-10H3,(H,55,67)(H,56,68)(H,59,69)(H,60,70)/b16-15-/t29-,30-,35+,36+,37-,38-,43-,44-/m0/s1. The summed E-state index contributed by atoms with van der Waals surface area (Å²) < 4.78 is 11.4.